The van der Waals surface area contributed by atoms with E-state index in [0.29, 0.717) is 5.82 Å². The van der Waals surface area contributed by atoms with Crippen molar-refractivity contribution in [1.82, 2.24) is 15.2 Å². The fourth-order valence-electron chi connectivity index (χ4n) is 1.18. The van der Waals surface area contributed by atoms with Crippen LogP contribution in [-0.2, 0) is 0 Å². The maximum Gasteiger partial charge on any atom is 0.230 e. The van der Waals surface area contributed by atoms with E-state index in [-0.39, 0.29) is 6.17 Å². The molecule has 0 fully saturated rings. The summed E-state index contributed by atoms with van der Waals surface area (Å²) in [6.07, 6.45) is 3.13. The quantitative estimate of drug-likeness (QED) is 0.518. The highest BCUT2D eigenvalue weighted by atomic mass is 15.2. The number of hydrogen-bond donors (Lipinski definition) is 2. The number of aromatic nitrogens is 3. The minimum atomic E-state index is -0.271. The highest BCUT2D eigenvalue weighted by Gasteiger charge is 2.07. The average molecular weight is 187 g/mol. The Labute approximate surface area is 82.7 Å². The summed E-state index contributed by atoms with van der Waals surface area (Å²) in [5.41, 5.74) is 6.51. The van der Waals surface area contributed by atoms with Gasteiger partial charge in [0.2, 0.25) is 7.98 Å². The summed E-state index contributed by atoms with van der Waals surface area (Å²) in [5, 5.41) is 7.67. The van der Waals surface area contributed by atoms with Crippen molar-refractivity contribution in [3.63, 3.8) is 0 Å². The van der Waals surface area contributed by atoms with E-state index in [1.165, 1.54) is 4.81 Å². The van der Waals surface area contributed by atoms with Crippen LogP contribution < -0.4 is 10.5 Å². The third kappa shape index (κ3) is 1.44. The number of hydrogen-bond acceptors (Lipinski definition) is 4. The zero-order chi connectivity index (χ0) is 10.1. The van der Waals surface area contributed by atoms with E-state index in [4.69, 9.17) is 13.7 Å². The SMILES string of the molecule is [B]N(c1cc2cn[nH]c2cn1)C(C)N. The van der Waals surface area contributed by atoms with Crippen LogP contribution in [0.4, 0.5) is 5.82 Å². The predicted molar refractivity (Wildman–Crippen MR) is 55.8 cm³/mol. The molecule has 0 aromatic carbocycles. The Kier molecular flexibility index (Phi) is 2.13. The van der Waals surface area contributed by atoms with Gasteiger partial charge < -0.3 is 10.5 Å². The maximum absolute atomic E-state index is 5.71. The van der Waals surface area contributed by atoms with Gasteiger partial charge in [-0.1, -0.05) is 0 Å². The van der Waals surface area contributed by atoms with Gasteiger partial charge in [-0.25, -0.2) is 4.98 Å². The Hall–Kier alpha value is -1.56. The third-order valence-corrected chi connectivity index (χ3v) is 2.01. The minimum Gasteiger partial charge on any atom is -0.397 e. The standard InChI is InChI=1S/C8H10BN5/c1-5(10)14(9)8-2-6-3-12-13-7(6)4-11-8/h2-5H,10H2,1H3,(H,12,13). The number of nitrogens with two attached hydrogens (primary N) is 1. The molecule has 0 amide bonds. The number of H-pyrrole nitrogens is 1. The van der Waals surface area contributed by atoms with Crippen LogP contribution in [0, 0.1) is 0 Å². The molecule has 0 aliphatic heterocycles. The molecule has 0 bridgehead atoms. The molecule has 2 aromatic heterocycles. The molecule has 70 valence electrons. The Balaban J connectivity index is 2.43. The molecule has 14 heavy (non-hydrogen) atoms. The molecule has 1 unspecified atom stereocenters. The molecule has 1 atom stereocenters. The highest BCUT2D eigenvalue weighted by molar-refractivity contribution is 6.17. The molecule has 2 heterocycles. The number of rotatable bonds is 2. The second-order valence-corrected chi connectivity index (χ2v) is 3.15. The molecule has 0 saturated heterocycles. The van der Waals surface area contributed by atoms with Crippen LogP contribution in [0.15, 0.2) is 18.5 Å². The number of nitrogens with one attached hydrogen (secondary N) is 1. The Morgan fingerprint density at radius 3 is 3.07 bits per heavy atom. The zero-order valence-corrected chi connectivity index (χ0v) is 7.81. The predicted octanol–water partition coefficient (Wildman–Crippen LogP) is 0.152. The van der Waals surface area contributed by atoms with Crippen LogP contribution in [0.25, 0.3) is 10.9 Å². The monoisotopic (exact) mass is 187 g/mol. The van der Waals surface area contributed by atoms with Crippen LogP contribution >= 0.6 is 0 Å². The van der Waals surface area contributed by atoms with Gasteiger partial charge in [0.15, 0.2) is 0 Å². The lowest BCUT2D eigenvalue weighted by atomic mass is 10.2. The van der Waals surface area contributed by atoms with E-state index in [1.54, 1.807) is 19.3 Å². The van der Waals surface area contributed by atoms with Gasteiger partial charge in [-0.3, -0.25) is 5.10 Å². The normalized spacial score (nSPS) is 13.0. The number of aromatic amines is 1. The molecule has 6 heteroatoms. The Morgan fingerprint density at radius 1 is 1.57 bits per heavy atom. The van der Waals surface area contributed by atoms with Gasteiger partial charge in [-0.05, 0) is 13.0 Å². The summed E-state index contributed by atoms with van der Waals surface area (Å²) >= 11 is 0. The first-order valence-electron chi connectivity index (χ1n) is 4.27. The van der Waals surface area contributed by atoms with E-state index in [0.717, 1.165) is 10.9 Å². The van der Waals surface area contributed by atoms with E-state index >= 15 is 0 Å². The second kappa shape index (κ2) is 3.30. The first-order chi connectivity index (χ1) is 6.68. The molecule has 5 nitrogen and oxygen atoms in total. The van der Waals surface area contributed by atoms with Gasteiger partial charge in [-0.15, -0.1) is 0 Å². The summed E-state index contributed by atoms with van der Waals surface area (Å²) in [6.45, 7) is 1.79. The molecule has 0 aliphatic rings. The van der Waals surface area contributed by atoms with Crippen LogP contribution in [0.5, 0.6) is 0 Å². The van der Waals surface area contributed by atoms with Crippen molar-refractivity contribution in [2.75, 3.05) is 4.81 Å². The topological polar surface area (TPSA) is 70.8 Å². The molecular formula is C8H10BN5. The van der Waals surface area contributed by atoms with Crippen molar-refractivity contribution in [3.8, 4) is 0 Å². The summed E-state index contributed by atoms with van der Waals surface area (Å²) in [5.74, 6) is 0.633. The van der Waals surface area contributed by atoms with Gasteiger partial charge in [0, 0.05) is 5.39 Å². The Bertz CT molecular complexity index is 438. The second-order valence-electron chi connectivity index (χ2n) is 3.15. The fourth-order valence-corrected chi connectivity index (χ4v) is 1.18. The van der Waals surface area contributed by atoms with Gasteiger partial charge in [0.1, 0.15) is 5.82 Å². The average Bonchev–Trinajstić information content (AvgIpc) is 2.62. The summed E-state index contributed by atoms with van der Waals surface area (Å²) < 4.78 is 0. The summed E-state index contributed by atoms with van der Waals surface area (Å²) in [7, 11) is 5.71. The van der Waals surface area contributed by atoms with Crippen molar-refractivity contribution < 1.29 is 0 Å². The maximum atomic E-state index is 5.71. The van der Waals surface area contributed by atoms with Gasteiger partial charge in [0.05, 0.1) is 24.1 Å². The molecule has 0 spiro atoms. The smallest absolute Gasteiger partial charge is 0.230 e. The first-order valence-corrected chi connectivity index (χ1v) is 4.27. The van der Waals surface area contributed by atoms with Crippen molar-refractivity contribution in [2.24, 2.45) is 5.73 Å². The summed E-state index contributed by atoms with van der Waals surface area (Å²) in [4.78, 5) is 5.56. The van der Waals surface area contributed by atoms with E-state index < -0.39 is 0 Å². The van der Waals surface area contributed by atoms with Crippen LogP contribution in [0.2, 0.25) is 0 Å². The number of nitrogens with zero attached hydrogens (tertiary/aromatic N) is 3. The van der Waals surface area contributed by atoms with Crippen molar-refractivity contribution >= 4 is 24.7 Å². The number of anilines is 1. The van der Waals surface area contributed by atoms with Crippen LogP contribution in [0.3, 0.4) is 0 Å². The van der Waals surface area contributed by atoms with Gasteiger partial charge in [-0.2, -0.15) is 5.10 Å². The van der Waals surface area contributed by atoms with Crippen LogP contribution in [-0.4, -0.2) is 29.3 Å². The van der Waals surface area contributed by atoms with Gasteiger partial charge >= 0.3 is 0 Å². The molecule has 2 aromatic rings. The third-order valence-electron chi connectivity index (χ3n) is 2.01. The van der Waals surface area contributed by atoms with Crippen LogP contribution in [0.1, 0.15) is 6.92 Å². The molecule has 2 radical (unpaired) electrons. The number of pyridine rings is 1. The molecule has 0 aliphatic carbocycles. The lowest BCUT2D eigenvalue weighted by molar-refractivity contribution is 0.778. The number of fused-ring (bicyclic) bond motifs is 1. The fraction of sp³-hybridized carbons (Fsp3) is 0.250. The summed E-state index contributed by atoms with van der Waals surface area (Å²) in [6, 6.07) is 1.84. The largest absolute Gasteiger partial charge is 0.397 e. The van der Waals surface area contributed by atoms with Gasteiger partial charge in [0.25, 0.3) is 0 Å². The van der Waals surface area contributed by atoms with Crippen molar-refractivity contribution in [1.29, 1.82) is 0 Å². The van der Waals surface area contributed by atoms with E-state index in [2.05, 4.69) is 15.2 Å². The van der Waals surface area contributed by atoms with Crippen molar-refractivity contribution in [2.45, 2.75) is 13.1 Å². The molecule has 3 N–H and O–H groups in total. The lowest BCUT2D eigenvalue weighted by Gasteiger charge is -2.22. The zero-order valence-electron chi connectivity index (χ0n) is 7.81. The van der Waals surface area contributed by atoms with Crippen molar-refractivity contribution in [3.05, 3.63) is 18.5 Å². The highest BCUT2D eigenvalue weighted by Crippen LogP contribution is 2.16. The Morgan fingerprint density at radius 2 is 2.36 bits per heavy atom. The molecule has 0 saturated carbocycles. The first kappa shape index (κ1) is 9.02. The van der Waals surface area contributed by atoms with E-state index in [1.807, 2.05) is 6.07 Å². The van der Waals surface area contributed by atoms with E-state index in [9.17, 15) is 0 Å². The minimum absolute atomic E-state index is 0.271. The lowest BCUT2D eigenvalue weighted by Crippen LogP contribution is -2.38. The molecular weight excluding hydrogens is 177 g/mol. The molecule has 2 rings (SSSR count).